The van der Waals surface area contributed by atoms with Crippen molar-refractivity contribution in [3.05, 3.63) is 89.1 Å². The van der Waals surface area contributed by atoms with Gasteiger partial charge in [0.05, 0.1) is 16.6 Å². The minimum absolute atomic E-state index is 0.320. The second-order valence-corrected chi connectivity index (χ2v) is 7.37. The van der Waals surface area contributed by atoms with Crippen molar-refractivity contribution in [2.45, 2.75) is 6.92 Å². The number of allylic oxidation sites excluding steroid dienone is 2. The zero-order valence-corrected chi connectivity index (χ0v) is 17.3. The number of benzene rings is 1. The number of fused-ring (bicyclic) bond motifs is 1. The van der Waals surface area contributed by atoms with E-state index in [-0.39, 0.29) is 5.82 Å². The van der Waals surface area contributed by atoms with E-state index in [1.54, 1.807) is 24.7 Å². The molecule has 4 aromatic heterocycles. The van der Waals surface area contributed by atoms with Crippen LogP contribution in [0.3, 0.4) is 0 Å². The monoisotopic (exact) mass is 422 g/mol. The van der Waals surface area contributed by atoms with E-state index in [0.29, 0.717) is 28.3 Å². The summed E-state index contributed by atoms with van der Waals surface area (Å²) in [4.78, 5) is 16.5. The molecule has 4 heterocycles. The van der Waals surface area contributed by atoms with Crippen molar-refractivity contribution in [3.8, 4) is 22.8 Å². The highest BCUT2D eigenvalue weighted by Gasteiger charge is 2.14. The van der Waals surface area contributed by atoms with E-state index < -0.39 is 0 Å². The third kappa shape index (κ3) is 3.60. The zero-order valence-electron chi connectivity index (χ0n) is 17.3. The first-order chi connectivity index (χ1) is 15.6. The molecule has 2 N–H and O–H groups in total. The second kappa shape index (κ2) is 8.03. The van der Waals surface area contributed by atoms with E-state index in [4.69, 9.17) is 4.98 Å². The topological polar surface area (TPSA) is 83.1 Å². The van der Waals surface area contributed by atoms with E-state index in [9.17, 15) is 4.39 Å². The van der Waals surface area contributed by atoms with Crippen LogP contribution in [0.1, 0.15) is 12.5 Å². The van der Waals surface area contributed by atoms with Gasteiger partial charge in [-0.3, -0.25) is 15.1 Å². The molecule has 0 spiro atoms. The van der Waals surface area contributed by atoms with Gasteiger partial charge in [-0.15, -0.1) is 0 Å². The van der Waals surface area contributed by atoms with Crippen molar-refractivity contribution in [1.29, 1.82) is 0 Å². The number of aromatic amines is 2. The molecule has 0 atom stereocenters. The molecule has 156 valence electrons. The summed E-state index contributed by atoms with van der Waals surface area (Å²) >= 11 is 0. The maximum Gasteiger partial charge on any atom is 0.159 e. The Balaban J connectivity index is 1.55. The van der Waals surface area contributed by atoms with Crippen LogP contribution in [0.25, 0.3) is 52.0 Å². The average Bonchev–Trinajstić information content (AvgIpc) is 3.41. The van der Waals surface area contributed by atoms with Gasteiger partial charge < -0.3 is 4.98 Å². The fourth-order valence-electron chi connectivity index (χ4n) is 3.53. The molecule has 7 heteroatoms. The van der Waals surface area contributed by atoms with Crippen LogP contribution in [-0.4, -0.2) is 30.1 Å². The smallest absolute Gasteiger partial charge is 0.159 e. The summed E-state index contributed by atoms with van der Waals surface area (Å²) < 4.78 is 13.7. The lowest BCUT2D eigenvalue weighted by atomic mass is 10.1. The number of halogens is 1. The molecule has 0 amide bonds. The highest BCUT2D eigenvalue weighted by Crippen LogP contribution is 2.26. The minimum Gasteiger partial charge on any atom is -0.336 e. The number of rotatable bonds is 4. The Labute approximate surface area is 182 Å². The SMILES string of the molecule is C=c1c(-c2nc3c(-c4cccc(F)c4)nccc3[nH]2)n[nH]/c1=C/C=C(\C)c1ccncc1. The fraction of sp³-hybridized carbons (Fsp3) is 0.0400. The fourth-order valence-corrected chi connectivity index (χ4v) is 3.53. The Morgan fingerprint density at radius 3 is 2.72 bits per heavy atom. The molecule has 1 aromatic carbocycles. The quantitative estimate of drug-likeness (QED) is 0.461. The summed E-state index contributed by atoms with van der Waals surface area (Å²) in [6.07, 6.45) is 9.15. The molecule has 0 aliphatic rings. The van der Waals surface area contributed by atoms with Gasteiger partial charge in [-0.05, 0) is 54.5 Å². The van der Waals surface area contributed by atoms with Crippen LogP contribution in [0, 0.1) is 5.82 Å². The van der Waals surface area contributed by atoms with Crippen LogP contribution in [0.2, 0.25) is 0 Å². The number of hydrogen-bond acceptors (Lipinski definition) is 4. The molecule has 0 saturated heterocycles. The molecule has 6 nitrogen and oxygen atoms in total. The third-order valence-electron chi connectivity index (χ3n) is 5.26. The van der Waals surface area contributed by atoms with Crippen molar-refractivity contribution in [3.63, 3.8) is 0 Å². The number of hydrogen-bond donors (Lipinski definition) is 2. The molecule has 0 aliphatic carbocycles. The first-order valence-corrected chi connectivity index (χ1v) is 10.0. The van der Waals surface area contributed by atoms with Crippen LogP contribution >= 0.6 is 0 Å². The van der Waals surface area contributed by atoms with Gasteiger partial charge >= 0.3 is 0 Å². The summed E-state index contributed by atoms with van der Waals surface area (Å²) in [7, 11) is 0. The highest BCUT2D eigenvalue weighted by molar-refractivity contribution is 5.91. The van der Waals surface area contributed by atoms with Gasteiger partial charge in [-0.1, -0.05) is 24.8 Å². The Kier molecular flexibility index (Phi) is 4.91. The average molecular weight is 422 g/mol. The molecule has 0 fully saturated rings. The number of nitrogens with zero attached hydrogens (tertiary/aromatic N) is 4. The summed E-state index contributed by atoms with van der Waals surface area (Å²) in [5, 5.41) is 8.96. The lowest BCUT2D eigenvalue weighted by Crippen LogP contribution is -2.21. The number of aromatic nitrogens is 6. The van der Waals surface area contributed by atoms with Gasteiger partial charge in [0.1, 0.15) is 17.0 Å². The third-order valence-corrected chi connectivity index (χ3v) is 5.26. The number of H-pyrrole nitrogens is 2. The van der Waals surface area contributed by atoms with Crippen LogP contribution in [-0.2, 0) is 0 Å². The molecule has 0 saturated carbocycles. The lowest BCUT2D eigenvalue weighted by Gasteiger charge is -2.01. The predicted octanol–water partition coefficient (Wildman–Crippen LogP) is 3.84. The Morgan fingerprint density at radius 1 is 1.06 bits per heavy atom. The van der Waals surface area contributed by atoms with Crippen LogP contribution in [0.5, 0.6) is 0 Å². The van der Waals surface area contributed by atoms with Crippen molar-refractivity contribution >= 4 is 29.3 Å². The summed E-state index contributed by atoms with van der Waals surface area (Å²) in [6.45, 7) is 6.21. The molecule has 0 radical (unpaired) electrons. The first-order valence-electron chi connectivity index (χ1n) is 10.0. The standard InChI is InChI=1S/C25H19FN6/c1-15(17-8-11-27-12-9-17)6-7-20-16(2)22(32-31-20)25-29-21-10-13-28-23(24(21)30-25)18-4-3-5-19(26)14-18/h3-14,31H,2H2,1H3,(H,29,30)/b15-6+,20-7+. The van der Waals surface area contributed by atoms with Crippen molar-refractivity contribution < 1.29 is 4.39 Å². The minimum atomic E-state index is -0.320. The Bertz CT molecular complexity index is 1560. The maximum absolute atomic E-state index is 13.7. The molecular weight excluding hydrogens is 403 g/mol. The second-order valence-electron chi connectivity index (χ2n) is 7.37. The van der Waals surface area contributed by atoms with Gasteiger partial charge in [0.2, 0.25) is 0 Å². The van der Waals surface area contributed by atoms with Gasteiger partial charge in [0.25, 0.3) is 0 Å². The van der Waals surface area contributed by atoms with E-state index >= 15 is 0 Å². The molecule has 0 aliphatic heterocycles. The largest absolute Gasteiger partial charge is 0.336 e. The van der Waals surface area contributed by atoms with Crippen LogP contribution < -0.4 is 10.6 Å². The maximum atomic E-state index is 13.7. The summed E-state index contributed by atoms with van der Waals surface area (Å²) in [5.41, 5.74) is 5.51. The van der Waals surface area contributed by atoms with Gasteiger partial charge in [0.15, 0.2) is 5.82 Å². The Hall–Kier alpha value is -4.39. The van der Waals surface area contributed by atoms with Gasteiger partial charge in [-0.25, -0.2) is 9.37 Å². The van der Waals surface area contributed by atoms with E-state index in [1.807, 2.05) is 43.3 Å². The molecule has 32 heavy (non-hydrogen) atoms. The summed E-state index contributed by atoms with van der Waals surface area (Å²) in [5.74, 6) is 0.251. The van der Waals surface area contributed by atoms with Crippen LogP contribution in [0.4, 0.5) is 4.39 Å². The van der Waals surface area contributed by atoms with Crippen molar-refractivity contribution in [2.24, 2.45) is 0 Å². The molecular formula is C25H19FN6. The van der Waals surface area contributed by atoms with Gasteiger partial charge in [-0.2, -0.15) is 5.10 Å². The summed E-state index contributed by atoms with van der Waals surface area (Å²) in [6, 6.07) is 12.1. The van der Waals surface area contributed by atoms with Crippen molar-refractivity contribution in [1.82, 2.24) is 30.1 Å². The Morgan fingerprint density at radius 2 is 1.91 bits per heavy atom. The molecule has 5 aromatic rings. The normalized spacial score (nSPS) is 12.6. The highest BCUT2D eigenvalue weighted by atomic mass is 19.1. The molecule has 0 bridgehead atoms. The number of nitrogens with one attached hydrogen (secondary N) is 2. The van der Waals surface area contributed by atoms with E-state index in [1.165, 1.54) is 12.1 Å². The molecule has 5 rings (SSSR count). The van der Waals surface area contributed by atoms with Crippen LogP contribution in [0.15, 0.2) is 67.1 Å². The number of pyridine rings is 2. The predicted molar refractivity (Wildman–Crippen MR) is 124 cm³/mol. The zero-order chi connectivity index (χ0) is 22.1. The number of imidazole rings is 1. The molecule has 0 unspecified atom stereocenters. The van der Waals surface area contributed by atoms with E-state index in [0.717, 1.165) is 27.2 Å². The van der Waals surface area contributed by atoms with Crippen molar-refractivity contribution in [2.75, 3.05) is 0 Å². The van der Waals surface area contributed by atoms with E-state index in [2.05, 4.69) is 31.7 Å². The van der Waals surface area contributed by atoms with Gasteiger partial charge in [0, 0.05) is 29.4 Å². The first kappa shape index (κ1) is 19.6. The lowest BCUT2D eigenvalue weighted by molar-refractivity contribution is 0.628.